The fourth-order valence-electron chi connectivity index (χ4n) is 3.48. The van der Waals surface area contributed by atoms with E-state index >= 15 is 0 Å². The third-order valence-corrected chi connectivity index (χ3v) is 5.96. The first-order chi connectivity index (χ1) is 11.9. The Morgan fingerprint density at radius 3 is 2.12 bits per heavy atom. The molecule has 0 aromatic heterocycles. The van der Waals surface area contributed by atoms with Gasteiger partial charge in [-0.3, -0.25) is 4.79 Å². The molecule has 1 aliphatic heterocycles. The Morgan fingerprint density at radius 1 is 1.08 bits per heavy atom. The van der Waals surface area contributed by atoms with Crippen molar-refractivity contribution in [2.24, 2.45) is 0 Å². The second-order valence-electron chi connectivity index (χ2n) is 9.65. The zero-order chi connectivity index (χ0) is 19.4. The van der Waals surface area contributed by atoms with E-state index in [9.17, 15) is 4.79 Å². The molecule has 3 rings (SSSR count). The molecule has 142 valence electrons. The zero-order valence-corrected chi connectivity index (χ0v) is 17.1. The highest BCUT2D eigenvalue weighted by molar-refractivity contribution is 6.62. The van der Waals surface area contributed by atoms with E-state index < -0.39 is 18.1 Å². The first kappa shape index (κ1) is 19.4. The Morgan fingerprint density at radius 2 is 1.65 bits per heavy atom. The molecule has 1 aromatic rings. The van der Waals surface area contributed by atoms with Gasteiger partial charge in [0, 0.05) is 0 Å². The lowest BCUT2D eigenvalue weighted by Crippen LogP contribution is -2.47. The van der Waals surface area contributed by atoms with Gasteiger partial charge in [-0.1, -0.05) is 30.7 Å². The summed E-state index contributed by atoms with van der Waals surface area (Å²) in [5.74, 6) is -0.123. The van der Waals surface area contributed by atoms with Crippen LogP contribution in [0.4, 0.5) is 0 Å². The van der Waals surface area contributed by atoms with Gasteiger partial charge in [0.05, 0.1) is 16.6 Å². The maximum atomic E-state index is 12.9. The maximum Gasteiger partial charge on any atom is 0.494 e. The van der Waals surface area contributed by atoms with Gasteiger partial charge in [-0.15, -0.1) is 0 Å². The molecule has 1 aromatic carbocycles. The van der Waals surface area contributed by atoms with Gasteiger partial charge in [0.25, 0.3) is 0 Å². The van der Waals surface area contributed by atoms with Crippen LogP contribution in [0, 0.1) is 0 Å². The van der Waals surface area contributed by atoms with E-state index in [1.54, 1.807) is 0 Å². The predicted molar refractivity (Wildman–Crippen MR) is 104 cm³/mol. The monoisotopic (exact) mass is 358 g/mol. The maximum absolute atomic E-state index is 12.9. The molecule has 2 aliphatic rings. The number of hydrogen-bond acceptors (Lipinski definition) is 4. The van der Waals surface area contributed by atoms with Gasteiger partial charge in [0.2, 0.25) is 0 Å². The quantitative estimate of drug-likeness (QED) is 0.610. The summed E-state index contributed by atoms with van der Waals surface area (Å²) in [6.45, 7) is 13.9. The second kappa shape index (κ2) is 6.10. The number of carbonyl (C=O) groups is 1. The summed E-state index contributed by atoms with van der Waals surface area (Å²) in [6.07, 6.45) is 2.70. The van der Waals surface area contributed by atoms with Crippen LogP contribution in [0.3, 0.4) is 0 Å². The van der Waals surface area contributed by atoms with Crippen LogP contribution in [0.5, 0.6) is 0 Å². The van der Waals surface area contributed by atoms with E-state index in [1.807, 2.05) is 66.7 Å². The number of carbonyl (C=O) groups excluding carboxylic acids is 1. The molecule has 1 saturated heterocycles. The largest absolute Gasteiger partial charge is 0.494 e. The Balaban J connectivity index is 1.89. The molecule has 0 unspecified atom stereocenters. The molecule has 2 fully saturated rings. The molecule has 0 bridgehead atoms. The molecule has 26 heavy (non-hydrogen) atoms. The molecule has 0 radical (unpaired) electrons. The lowest BCUT2D eigenvalue weighted by Gasteiger charge is -2.41. The van der Waals surface area contributed by atoms with E-state index in [4.69, 9.17) is 14.0 Å². The molecular formula is C21H31BO4. The van der Waals surface area contributed by atoms with E-state index in [2.05, 4.69) is 6.07 Å². The molecule has 4 nitrogen and oxygen atoms in total. The third kappa shape index (κ3) is 3.32. The fourth-order valence-corrected chi connectivity index (χ4v) is 3.48. The van der Waals surface area contributed by atoms with Crippen LogP contribution in [0.15, 0.2) is 24.3 Å². The van der Waals surface area contributed by atoms with Crippen molar-refractivity contribution in [1.29, 1.82) is 0 Å². The van der Waals surface area contributed by atoms with Crippen LogP contribution >= 0.6 is 0 Å². The highest BCUT2D eigenvalue weighted by atomic mass is 16.7. The topological polar surface area (TPSA) is 44.8 Å². The van der Waals surface area contributed by atoms with Gasteiger partial charge in [-0.25, -0.2) is 0 Å². The standard InChI is InChI=1S/C21H31BO4/c1-18(2,3)24-17(23)21(12-9-13-21)15-10-8-11-16(14-15)22-25-19(4,5)20(6,7)26-22/h8,10-11,14H,9,12-13H2,1-7H3. The number of rotatable bonds is 3. The average molecular weight is 358 g/mol. The van der Waals surface area contributed by atoms with Crippen molar-refractivity contribution >= 4 is 18.6 Å². The molecular weight excluding hydrogens is 327 g/mol. The van der Waals surface area contributed by atoms with Gasteiger partial charge in [-0.2, -0.15) is 0 Å². The van der Waals surface area contributed by atoms with Crippen molar-refractivity contribution < 1.29 is 18.8 Å². The van der Waals surface area contributed by atoms with Crippen molar-refractivity contribution in [3.05, 3.63) is 29.8 Å². The second-order valence-corrected chi connectivity index (χ2v) is 9.65. The van der Waals surface area contributed by atoms with E-state index in [0.29, 0.717) is 0 Å². The van der Waals surface area contributed by atoms with E-state index in [0.717, 1.165) is 30.3 Å². The van der Waals surface area contributed by atoms with Crippen molar-refractivity contribution in [3.8, 4) is 0 Å². The average Bonchev–Trinajstić information content (AvgIpc) is 2.64. The molecule has 5 heteroatoms. The van der Waals surface area contributed by atoms with Gasteiger partial charge >= 0.3 is 13.1 Å². The van der Waals surface area contributed by atoms with Gasteiger partial charge in [0.15, 0.2) is 0 Å². The lowest BCUT2D eigenvalue weighted by atomic mass is 9.63. The summed E-state index contributed by atoms with van der Waals surface area (Å²) in [5, 5.41) is 0. The van der Waals surface area contributed by atoms with E-state index in [-0.39, 0.29) is 17.2 Å². The SMILES string of the molecule is CC(C)(C)OC(=O)C1(c2cccc(B3OC(C)(C)C(C)(C)O3)c2)CCC1. The highest BCUT2D eigenvalue weighted by Crippen LogP contribution is 2.45. The van der Waals surface area contributed by atoms with Crippen LogP contribution in [0.2, 0.25) is 0 Å². The minimum Gasteiger partial charge on any atom is -0.459 e. The summed E-state index contributed by atoms with van der Waals surface area (Å²) in [6, 6.07) is 8.08. The molecule has 1 aliphatic carbocycles. The van der Waals surface area contributed by atoms with Crippen LogP contribution in [0.1, 0.15) is 73.3 Å². The van der Waals surface area contributed by atoms with Crippen molar-refractivity contribution in [3.63, 3.8) is 0 Å². The third-order valence-electron chi connectivity index (χ3n) is 5.96. The lowest BCUT2D eigenvalue weighted by molar-refractivity contribution is -0.166. The summed E-state index contributed by atoms with van der Waals surface area (Å²) < 4.78 is 18.1. The number of hydrogen-bond donors (Lipinski definition) is 0. The molecule has 1 heterocycles. The van der Waals surface area contributed by atoms with Crippen molar-refractivity contribution in [2.45, 2.75) is 89.9 Å². The van der Waals surface area contributed by atoms with Gasteiger partial charge in [0.1, 0.15) is 5.60 Å². The number of ether oxygens (including phenoxy) is 1. The normalized spacial score (nSPS) is 23.4. The molecule has 0 N–H and O–H groups in total. The Bertz CT molecular complexity index is 682. The molecule has 0 amide bonds. The molecule has 0 atom stereocenters. The van der Waals surface area contributed by atoms with Crippen LogP contribution < -0.4 is 5.46 Å². The summed E-state index contributed by atoms with van der Waals surface area (Å²) >= 11 is 0. The van der Waals surface area contributed by atoms with Crippen LogP contribution in [0.25, 0.3) is 0 Å². The van der Waals surface area contributed by atoms with Crippen molar-refractivity contribution in [1.82, 2.24) is 0 Å². The number of benzene rings is 1. The first-order valence-corrected chi connectivity index (χ1v) is 9.56. The highest BCUT2D eigenvalue weighted by Gasteiger charge is 2.53. The number of esters is 1. The Labute approximate surface area is 157 Å². The van der Waals surface area contributed by atoms with Crippen LogP contribution in [-0.4, -0.2) is 29.9 Å². The summed E-state index contributed by atoms with van der Waals surface area (Å²) in [7, 11) is -0.421. The smallest absolute Gasteiger partial charge is 0.459 e. The fraction of sp³-hybridized carbons (Fsp3) is 0.667. The molecule has 0 spiro atoms. The minimum absolute atomic E-state index is 0.123. The Kier molecular flexibility index (Phi) is 4.56. The van der Waals surface area contributed by atoms with E-state index in [1.165, 1.54) is 0 Å². The zero-order valence-electron chi connectivity index (χ0n) is 17.1. The first-order valence-electron chi connectivity index (χ1n) is 9.56. The van der Waals surface area contributed by atoms with Gasteiger partial charge in [-0.05, 0) is 72.3 Å². The molecule has 1 saturated carbocycles. The van der Waals surface area contributed by atoms with Gasteiger partial charge < -0.3 is 14.0 Å². The van der Waals surface area contributed by atoms with Crippen molar-refractivity contribution in [2.75, 3.05) is 0 Å². The summed E-state index contributed by atoms with van der Waals surface area (Å²) in [4.78, 5) is 12.9. The Hall–Kier alpha value is -1.33. The van der Waals surface area contributed by atoms with Crippen LogP contribution in [-0.2, 0) is 24.3 Å². The predicted octanol–water partition coefficient (Wildman–Crippen LogP) is 3.75. The minimum atomic E-state index is -0.535. The summed E-state index contributed by atoms with van der Waals surface area (Å²) in [5.41, 5.74) is 0.178.